The van der Waals surface area contributed by atoms with Crippen LogP contribution in [0.1, 0.15) is 74.7 Å². The van der Waals surface area contributed by atoms with Crippen LogP contribution >= 0.6 is 0 Å². The van der Waals surface area contributed by atoms with E-state index in [1.165, 1.54) is 16.0 Å². The van der Waals surface area contributed by atoms with Crippen molar-refractivity contribution in [1.29, 1.82) is 0 Å². The van der Waals surface area contributed by atoms with E-state index in [1.807, 2.05) is 60.7 Å². The summed E-state index contributed by atoms with van der Waals surface area (Å²) in [5.74, 6) is 0.971. The number of benzene rings is 2. The van der Waals surface area contributed by atoms with Crippen LogP contribution in [0.3, 0.4) is 0 Å². The highest BCUT2D eigenvalue weighted by Crippen LogP contribution is 2.58. The summed E-state index contributed by atoms with van der Waals surface area (Å²) < 4.78 is 11.2. The Labute approximate surface area is 333 Å². The minimum absolute atomic E-state index is 0.0272. The molecular weight excluding hydrogens is 741 g/mol. The molecular formula is C42H40N10O6. The highest BCUT2D eigenvalue weighted by Gasteiger charge is 2.59. The van der Waals surface area contributed by atoms with Crippen LogP contribution in [0.15, 0.2) is 107 Å². The summed E-state index contributed by atoms with van der Waals surface area (Å²) in [4.78, 5) is 79.5. The van der Waals surface area contributed by atoms with Crippen LogP contribution in [0.2, 0.25) is 0 Å². The van der Waals surface area contributed by atoms with Gasteiger partial charge < -0.3 is 19.5 Å². The maximum Gasteiger partial charge on any atom is 0.307 e. The van der Waals surface area contributed by atoms with E-state index in [9.17, 15) is 19.2 Å². The van der Waals surface area contributed by atoms with Gasteiger partial charge in [0.2, 0.25) is 0 Å². The lowest BCUT2D eigenvalue weighted by atomic mass is 10.1. The molecule has 1 fully saturated rings. The van der Waals surface area contributed by atoms with Crippen LogP contribution in [0.4, 0.5) is 11.6 Å². The van der Waals surface area contributed by atoms with Crippen molar-refractivity contribution in [2.24, 2.45) is 11.8 Å². The summed E-state index contributed by atoms with van der Waals surface area (Å²) in [6, 6.07) is 18.2. The molecule has 6 aromatic rings. The topological polar surface area (TPSA) is 202 Å². The largest absolute Gasteiger partial charge is 0.437 e. The number of nitrogens with zero attached hydrogens (tertiary/aromatic N) is 8. The smallest absolute Gasteiger partial charge is 0.307 e. The molecule has 16 nitrogen and oxygen atoms in total. The number of anilines is 2. The Kier molecular flexibility index (Phi) is 10.5. The molecule has 5 atom stereocenters. The van der Waals surface area contributed by atoms with Gasteiger partial charge in [0.1, 0.15) is 23.6 Å². The predicted molar refractivity (Wildman–Crippen MR) is 209 cm³/mol. The van der Waals surface area contributed by atoms with E-state index in [0.717, 1.165) is 22.5 Å². The van der Waals surface area contributed by atoms with Gasteiger partial charge in [0.25, 0.3) is 23.6 Å². The number of likely N-dealkylation sites (N-methyl/N-ethyl adjacent to an activating group) is 2. The van der Waals surface area contributed by atoms with Gasteiger partial charge in [0.15, 0.2) is 11.6 Å². The average molecular weight is 781 g/mol. The lowest BCUT2D eigenvalue weighted by Crippen LogP contribution is -2.49. The third-order valence-electron chi connectivity index (χ3n) is 10.7. The fourth-order valence-electron chi connectivity index (χ4n) is 7.60. The molecule has 294 valence electrons. The van der Waals surface area contributed by atoms with Crippen LogP contribution in [-0.2, 0) is 28.9 Å². The zero-order valence-electron chi connectivity index (χ0n) is 32.0. The van der Waals surface area contributed by atoms with E-state index in [0.29, 0.717) is 48.8 Å². The van der Waals surface area contributed by atoms with Gasteiger partial charge in [-0.2, -0.15) is 0 Å². The second-order valence-electron chi connectivity index (χ2n) is 14.5. The molecule has 9 rings (SSSR count). The number of carbonyl (C=O) groups excluding carboxylic acids is 4. The first-order valence-corrected chi connectivity index (χ1v) is 18.9. The van der Waals surface area contributed by atoms with Crippen molar-refractivity contribution < 1.29 is 28.0 Å². The number of aromatic nitrogens is 6. The molecule has 3 aliphatic rings. The summed E-state index contributed by atoms with van der Waals surface area (Å²) in [6.07, 6.45) is 11.5. The maximum absolute atomic E-state index is 13.1. The summed E-state index contributed by atoms with van der Waals surface area (Å²) in [6.45, 7) is 2.06. The van der Waals surface area contributed by atoms with Crippen LogP contribution in [-0.4, -0.2) is 79.7 Å². The molecule has 58 heavy (non-hydrogen) atoms. The number of hydrogen-bond donors (Lipinski definition) is 2. The van der Waals surface area contributed by atoms with Crippen molar-refractivity contribution in [3.05, 3.63) is 144 Å². The molecule has 2 N–H and O–H groups in total. The van der Waals surface area contributed by atoms with Gasteiger partial charge in [-0.1, -0.05) is 67.6 Å². The predicted octanol–water partition coefficient (Wildman–Crippen LogP) is 3.94. The van der Waals surface area contributed by atoms with Gasteiger partial charge in [-0.05, 0) is 29.9 Å². The van der Waals surface area contributed by atoms with E-state index in [-0.39, 0.29) is 41.3 Å². The number of oxazole rings is 2. The standard InChI is InChI=1S/C22H21N5O3.C20H19N5O3/c1-12-15-16(12)18(22(29)27(2)19-17(15)23-8-9-24-19)26-20(28)21-25-11-14(30-21)10-13-6-4-3-5-7-13;1-25-17-15(21-9-10-22-17)7-8-16(20(25)27)24-18(26)19-23-12-14(28-19)11-13-5-3-2-4-6-13/h3-9,11-12,15-16,18H,10H2,1-2H3,(H,26,28);2-6,9-10,12,16H,7-8,11H2,1H3,(H,24,26)/t12-,15?,16?,18-;16-/m00/s1. The Bertz CT molecular complexity index is 2450. The maximum atomic E-state index is 13.1. The van der Waals surface area contributed by atoms with E-state index in [1.54, 1.807) is 45.1 Å². The average Bonchev–Trinajstić information content (AvgIpc) is 3.52. The van der Waals surface area contributed by atoms with Crippen molar-refractivity contribution in [1.82, 2.24) is 40.5 Å². The molecule has 2 aliphatic heterocycles. The zero-order chi connectivity index (χ0) is 40.3. The molecule has 4 amide bonds. The zero-order valence-corrected chi connectivity index (χ0v) is 32.0. The molecule has 0 saturated heterocycles. The van der Waals surface area contributed by atoms with Gasteiger partial charge in [-0.15, -0.1) is 0 Å². The van der Waals surface area contributed by atoms with E-state index in [4.69, 9.17) is 8.83 Å². The summed E-state index contributed by atoms with van der Waals surface area (Å²) in [5.41, 5.74) is 3.66. The van der Waals surface area contributed by atoms with Crippen molar-refractivity contribution in [3.8, 4) is 0 Å². The third kappa shape index (κ3) is 7.80. The van der Waals surface area contributed by atoms with Gasteiger partial charge in [-0.3, -0.25) is 38.9 Å². The molecule has 2 unspecified atom stereocenters. The van der Waals surface area contributed by atoms with Crippen molar-refractivity contribution in [3.63, 3.8) is 0 Å². The van der Waals surface area contributed by atoms with E-state index < -0.39 is 23.9 Å². The van der Waals surface area contributed by atoms with Gasteiger partial charge in [0, 0.05) is 63.6 Å². The van der Waals surface area contributed by atoms with Gasteiger partial charge in [0.05, 0.1) is 23.8 Å². The lowest BCUT2D eigenvalue weighted by molar-refractivity contribution is -0.121. The molecule has 4 aromatic heterocycles. The number of hydrogen-bond acceptors (Lipinski definition) is 12. The number of nitrogens with one attached hydrogen (secondary N) is 2. The first-order chi connectivity index (χ1) is 28.2. The molecule has 0 spiro atoms. The number of rotatable bonds is 8. The van der Waals surface area contributed by atoms with Gasteiger partial charge >= 0.3 is 11.8 Å². The van der Waals surface area contributed by atoms with Crippen molar-refractivity contribution >= 4 is 35.3 Å². The minimum Gasteiger partial charge on any atom is -0.437 e. The normalized spacial score (nSPS) is 20.6. The number of carbonyl (C=O) groups is 4. The van der Waals surface area contributed by atoms with Crippen LogP contribution in [0, 0.1) is 11.8 Å². The fourth-order valence-corrected chi connectivity index (χ4v) is 7.60. The molecule has 0 bridgehead atoms. The first kappa shape index (κ1) is 37.8. The lowest BCUT2D eigenvalue weighted by Gasteiger charge is -2.22. The molecule has 0 radical (unpaired) electrons. The first-order valence-electron chi connectivity index (χ1n) is 18.9. The Morgan fingerprint density at radius 1 is 0.690 bits per heavy atom. The fraction of sp³-hybridized carbons (Fsp3) is 0.286. The van der Waals surface area contributed by atoms with Crippen molar-refractivity contribution in [2.75, 3.05) is 23.9 Å². The Morgan fingerprint density at radius 3 is 1.84 bits per heavy atom. The SMILES string of the molecule is CN1C(=O)[C@@H](NC(=O)c2ncc(Cc3ccccc3)o2)CCc2nccnc21.C[C@H]1C2c3nccnc3N(C)C(=O)[C@@H](NC(=O)c3ncc(Cc4ccccc4)o3)C21. The second-order valence-corrected chi connectivity index (χ2v) is 14.5. The van der Waals surface area contributed by atoms with Crippen LogP contribution in [0.25, 0.3) is 0 Å². The number of fused-ring (bicyclic) bond motifs is 4. The quantitative estimate of drug-likeness (QED) is 0.226. The van der Waals surface area contributed by atoms with E-state index >= 15 is 0 Å². The second kappa shape index (κ2) is 16.2. The Balaban J connectivity index is 0.000000162. The van der Waals surface area contributed by atoms with Crippen LogP contribution < -0.4 is 20.4 Å². The summed E-state index contributed by atoms with van der Waals surface area (Å²) in [7, 11) is 3.29. The third-order valence-corrected chi connectivity index (χ3v) is 10.7. The molecule has 1 aliphatic carbocycles. The monoisotopic (exact) mass is 780 g/mol. The Morgan fingerprint density at radius 2 is 1.22 bits per heavy atom. The summed E-state index contributed by atoms with van der Waals surface area (Å²) >= 11 is 0. The highest BCUT2D eigenvalue weighted by atomic mass is 16.4. The number of aryl methyl sites for hydroxylation is 1. The minimum atomic E-state index is -0.696. The van der Waals surface area contributed by atoms with E-state index in [2.05, 4.69) is 47.5 Å². The Hall–Kier alpha value is -7.10. The summed E-state index contributed by atoms with van der Waals surface area (Å²) in [5, 5.41) is 5.57. The molecule has 1 saturated carbocycles. The molecule has 6 heterocycles. The van der Waals surface area contributed by atoms with Crippen molar-refractivity contribution in [2.45, 2.75) is 50.6 Å². The highest BCUT2D eigenvalue weighted by molar-refractivity contribution is 6.02. The van der Waals surface area contributed by atoms with Gasteiger partial charge in [-0.25, -0.2) is 19.9 Å². The van der Waals surface area contributed by atoms with Crippen LogP contribution in [0.5, 0.6) is 0 Å². The molecule has 2 aromatic carbocycles. The number of amides is 4. The molecule has 16 heteroatoms.